The second-order valence-corrected chi connectivity index (χ2v) is 18.5. The van der Waals surface area contributed by atoms with Crippen molar-refractivity contribution >= 4 is 83.1 Å². The molecule has 0 radical (unpaired) electrons. The van der Waals surface area contributed by atoms with Crippen LogP contribution < -0.4 is 29.1 Å². The van der Waals surface area contributed by atoms with Gasteiger partial charge in [0.15, 0.2) is 21.7 Å². The zero-order valence-corrected chi connectivity index (χ0v) is 48.5. The lowest BCUT2D eigenvalue weighted by atomic mass is 9.80. The van der Waals surface area contributed by atoms with E-state index < -0.39 is 26.8 Å². The Morgan fingerprint density at radius 3 is 1.17 bits per heavy atom. The van der Waals surface area contributed by atoms with Crippen LogP contribution in [0, 0.1) is 40.5 Å². The van der Waals surface area contributed by atoms with Gasteiger partial charge in [-0.2, -0.15) is 0 Å². The molecule has 0 spiro atoms. The van der Waals surface area contributed by atoms with E-state index in [1.165, 1.54) is 77.4 Å². The van der Waals surface area contributed by atoms with Crippen molar-refractivity contribution in [3.8, 4) is 73.6 Å². The molecule has 5 aromatic carbocycles. The summed E-state index contributed by atoms with van der Waals surface area (Å²) in [5, 5.41) is 61.5. The number of pyridine rings is 4. The predicted octanol–water partition coefficient (Wildman–Crippen LogP) is 12.3. The standard InChI is InChI=1S/C19H16N2O4.C12H9BrN2O3.C12H10N2O3.C7H9BO3.C5H2Br2N2O2/c1-24-17-9-5-3-7-14(17)13-11-16(21(22)23)19(20-12-13)15-8-4-6-10-18(15)25-2;1-18-11-5-3-2-4-9(11)12-10(15(16)17)6-8(13)7-14-12;1-17-11-7-3-2-5-9(11)12-10(14(15)16)6-4-8-13-12;1-11-7-5-3-2-4-6(7)8(9)10;6-3-1-4(9(10)11)5(7)8-2-3/h3-12H,1-2H3;2-7H,1H3;2-8H,1H3;2-5,9-10H,1H3;1-2H. The largest absolute Gasteiger partial charge is 0.497 e. The lowest BCUT2D eigenvalue weighted by molar-refractivity contribution is -0.386. The molecule has 0 aliphatic heterocycles. The second kappa shape index (κ2) is 31.5. The van der Waals surface area contributed by atoms with E-state index in [4.69, 9.17) is 33.7 Å². The Labute approximate surface area is 493 Å². The van der Waals surface area contributed by atoms with Crippen LogP contribution in [0.25, 0.3) is 44.9 Å². The van der Waals surface area contributed by atoms with Crippen LogP contribution in [-0.4, -0.2) is 92.3 Å². The van der Waals surface area contributed by atoms with Gasteiger partial charge in [0.25, 0.3) is 17.1 Å². The Morgan fingerprint density at radius 1 is 0.402 bits per heavy atom. The number of nitro groups is 4. The van der Waals surface area contributed by atoms with Gasteiger partial charge >= 0.3 is 12.8 Å². The van der Waals surface area contributed by atoms with Gasteiger partial charge in [0.05, 0.1) is 55.2 Å². The second-order valence-electron chi connectivity index (χ2n) is 15.9. The van der Waals surface area contributed by atoms with Crippen LogP contribution in [-0.2, 0) is 0 Å². The Balaban J connectivity index is 0.000000195. The number of hydrogen-bond donors (Lipinski definition) is 2. The van der Waals surface area contributed by atoms with Crippen molar-refractivity contribution < 1.29 is 53.4 Å². The first kappa shape index (κ1) is 63.6. The van der Waals surface area contributed by atoms with Crippen LogP contribution in [0.4, 0.5) is 22.7 Å². The molecule has 0 aliphatic rings. The highest BCUT2D eigenvalue weighted by atomic mass is 79.9. The van der Waals surface area contributed by atoms with Crippen LogP contribution in [0.3, 0.4) is 0 Å². The maximum atomic E-state index is 11.6. The van der Waals surface area contributed by atoms with Crippen molar-refractivity contribution in [2.24, 2.45) is 0 Å². The molecule has 0 bridgehead atoms. The molecule has 0 fully saturated rings. The van der Waals surface area contributed by atoms with E-state index in [0.29, 0.717) is 76.8 Å². The summed E-state index contributed by atoms with van der Waals surface area (Å²) >= 11 is 9.21. The summed E-state index contributed by atoms with van der Waals surface area (Å²) in [6, 6.07) is 42.6. The molecule has 0 atom stereocenters. The molecule has 0 saturated heterocycles. The van der Waals surface area contributed by atoms with Crippen LogP contribution in [0.2, 0.25) is 0 Å². The highest BCUT2D eigenvalue weighted by molar-refractivity contribution is 9.11. The SMILES string of the molecule is COc1ccccc1-c1cnc(-c2ccccc2OC)c([N+](=O)[O-])c1.COc1ccccc1-c1ncc(Br)cc1[N+](=O)[O-].COc1ccccc1-c1ncccc1[N+](=O)[O-].COc1ccccc1B(O)O.O=[N+]([O-])c1cc(Br)cnc1Br. The normalized spacial score (nSPS) is 9.98. The number of aromatic nitrogens is 4. The lowest BCUT2D eigenvalue weighted by Gasteiger charge is -2.11. The minimum absolute atomic E-state index is 0.0306. The van der Waals surface area contributed by atoms with Crippen molar-refractivity contribution in [2.75, 3.05) is 35.5 Å². The summed E-state index contributed by atoms with van der Waals surface area (Å²) in [4.78, 5) is 58.3. The lowest BCUT2D eigenvalue weighted by Crippen LogP contribution is -2.30. The molecule has 4 aromatic heterocycles. The van der Waals surface area contributed by atoms with Crippen molar-refractivity contribution in [1.29, 1.82) is 0 Å². The number of para-hydroxylation sites is 5. The monoisotopic (exact) mass is 1310 g/mol. The third-order valence-electron chi connectivity index (χ3n) is 11.0. The predicted molar refractivity (Wildman–Crippen MR) is 317 cm³/mol. The van der Waals surface area contributed by atoms with Crippen molar-refractivity contribution in [1.82, 2.24) is 19.9 Å². The quantitative estimate of drug-likeness (QED) is 0.0442. The number of benzene rings is 5. The number of methoxy groups -OCH3 is 5. The molecule has 4 heterocycles. The number of halogens is 3. The third kappa shape index (κ3) is 17.1. The molecule has 9 aromatic rings. The summed E-state index contributed by atoms with van der Waals surface area (Å²) in [6.07, 6.45) is 6.13. The first-order chi connectivity index (χ1) is 39.4. The highest BCUT2D eigenvalue weighted by Crippen LogP contribution is 2.39. The first-order valence-electron chi connectivity index (χ1n) is 23.4. The topological polar surface area (TPSA) is 311 Å². The fourth-order valence-electron chi connectivity index (χ4n) is 7.30. The van der Waals surface area contributed by atoms with Gasteiger partial charge in [-0.3, -0.25) is 40.5 Å². The average Bonchev–Trinajstić information content (AvgIpc) is 3.68. The smallest absolute Gasteiger partial charge is 0.492 e. The summed E-state index contributed by atoms with van der Waals surface area (Å²) in [6.45, 7) is 0. The van der Waals surface area contributed by atoms with E-state index in [1.54, 1.807) is 116 Å². The van der Waals surface area contributed by atoms with Crippen molar-refractivity contribution in [3.63, 3.8) is 0 Å². The Morgan fingerprint density at radius 2 is 0.756 bits per heavy atom. The molecule has 27 heteroatoms. The molecule has 0 aliphatic carbocycles. The van der Waals surface area contributed by atoms with Crippen LogP contribution in [0.5, 0.6) is 28.7 Å². The molecule has 0 amide bonds. The maximum absolute atomic E-state index is 11.6. The van der Waals surface area contributed by atoms with E-state index in [-0.39, 0.29) is 33.0 Å². The van der Waals surface area contributed by atoms with Gasteiger partial charge in [-0.15, -0.1) is 0 Å². The van der Waals surface area contributed by atoms with Gasteiger partial charge in [-0.05, 0) is 102 Å². The summed E-state index contributed by atoms with van der Waals surface area (Å²) in [5.74, 6) is 2.76. The van der Waals surface area contributed by atoms with Crippen LogP contribution >= 0.6 is 47.8 Å². The molecule has 420 valence electrons. The van der Waals surface area contributed by atoms with E-state index in [1.807, 2.05) is 18.2 Å². The van der Waals surface area contributed by atoms with Crippen molar-refractivity contribution in [3.05, 3.63) is 230 Å². The summed E-state index contributed by atoms with van der Waals surface area (Å²) in [7, 11) is 6.14. The minimum atomic E-state index is -1.47. The van der Waals surface area contributed by atoms with Crippen LogP contribution in [0.1, 0.15) is 0 Å². The van der Waals surface area contributed by atoms with E-state index in [2.05, 4.69) is 67.7 Å². The van der Waals surface area contributed by atoms with E-state index in [9.17, 15) is 40.5 Å². The molecule has 23 nitrogen and oxygen atoms in total. The Hall–Kier alpha value is -9.28. The molecular formula is C55H46BBr3N8O15. The molecule has 82 heavy (non-hydrogen) atoms. The first-order valence-corrected chi connectivity index (χ1v) is 25.8. The third-order valence-corrected chi connectivity index (χ3v) is 12.5. The molecule has 9 rings (SSSR count). The number of hydrogen-bond acceptors (Lipinski definition) is 19. The van der Waals surface area contributed by atoms with E-state index in [0.717, 1.165) is 5.56 Å². The number of rotatable bonds is 14. The summed E-state index contributed by atoms with van der Waals surface area (Å²) < 4.78 is 27.3. The Bertz CT molecular complexity index is 3680. The minimum Gasteiger partial charge on any atom is -0.497 e. The molecular weight excluding hydrogens is 1260 g/mol. The fraction of sp³-hybridized carbons (Fsp3) is 0.0909. The zero-order chi connectivity index (χ0) is 59.9. The summed E-state index contributed by atoms with van der Waals surface area (Å²) in [5.41, 5.74) is 4.17. The molecule has 0 saturated carbocycles. The maximum Gasteiger partial charge on any atom is 0.492 e. The zero-order valence-electron chi connectivity index (χ0n) is 43.7. The van der Waals surface area contributed by atoms with E-state index >= 15 is 0 Å². The average molecular weight is 1310 g/mol. The Kier molecular flexibility index (Phi) is 24.4. The number of nitrogens with zero attached hydrogens (tertiary/aromatic N) is 8. The van der Waals surface area contributed by atoms with Crippen LogP contribution in [0.15, 0.2) is 190 Å². The van der Waals surface area contributed by atoms with Gasteiger partial charge in [0.1, 0.15) is 28.7 Å². The van der Waals surface area contributed by atoms with Gasteiger partial charge in [0.2, 0.25) is 0 Å². The van der Waals surface area contributed by atoms with Gasteiger partial charge in [0, 0.05) is 91.3 Å². The van der Waals surface area contributed by atoms with Gasteiger partial charge < -0.3 is 33.7 Å². The van der Waals surface area contributed by atoms with Crippen molar-refractivity contribution in [2.45, 2.75) is 0 Å². The van der Waals surface area contributed by atoms with Gasteiger partial charge in [-0.25, -0.2) is 19.9 Å². The molecule has 2 N–H and O–H groups in total. The fourth-order valence-corrected chi connectivity index (χ4v) is 8.30. The van der Waals surface area contributed by atoms with Gasteiger partial charge in [-0.1, -0.05) is 72.8 Å². The number of ether oxygens (including phenoxy) is 5. The highest BCUT2D eigenvalue weighted by Gasteiger charge is 2.24. The molecule has 0 unspecified atom stereocenters.